The Labute approximate surface area is 95.4 Å². The number of rotatable bonds is 7. The number of aromatic nitrogens is 2. The minimum absolute atomic E-state index is 0.0883. The van der Waals surface area contributed by atoms with E-state index in [1.165, 1.54) is 0 Å². The zero-order chi connectivity index (χ0) is 11.8. The average Bonchev–Trinajstić information content (AvgIpc) is 2.74. The van der Waals surface area contributed by atoms with Crippen molar-refractivity contribution >= 4 is 0 Å². The van der Waals surface area contributed by atoms with E-state index in [4.69, 9.17) is 14.5 Å². The van der Waals surface area contributed by atoms with E-state index in [9.17, 15) is 0 Å². The Balaban J connectivity index is 2.62. The van der Waals surface area contributed by atoms with Gasteiger partial charge in [-0.1, -0.05) is 18.5 Å². The average molecular weight is 223 g/mol. The summed E-state index contributed by atoms with van der Waals surface area (Å²) in [6, 6.07) is 2.05. The topological polar surface area (TPSA) is 71.9 Å². The molecule has 0 saturated heterocycles. The third-order valence-corrected chi connectivity index (χ3v) is 2.14. The fraction of sp³-hybridized carbons (Fsp3) is 0.727. The molecule has 16 heavy (non-hydrogen) atoms. The Morgan fingerprint density at radius 1 is 1.50 bits per heavy atom. The largest absolute Gasteiger partial charge is 0.370 e. The Bertz CT molecular complexity index is 337. The van der Waals surface area contributed by atoms with Crippen molar-refractivity contribution in [1.29, 1.82) is 5.26 Å². The number of hydrogen-bond donors (Lipinski definition) is 0. The first-order valence-corrected chi connectivity index (χ1v) is 5.62. The molecule has 0 aliphatic heterocycles. The summed E-state index contributed by atoms with van der Waals surface area (Å²) >= 11 is 0. The minimum Gasteiger partial charge on any atom is -0.370 e. The van der Waals surface area contributed by atoms with Crippen molar-refractivity contribution in [3.63, 3.8) is 0 Å². The van der Waals surface area contributed by atoms with Crippen molar-refractivity contribution < 1.29 is 9.26 Å². The first-order valence-electron chi connectivity index (χ1n) is 5.62. The van der Waals surface area contributed by atoms with Crippen LogP contribution in [0.15, 0.2) is 4.52 Å². The van der Waals surface area contributed by atoms with Gasteiger partial charge in [0.15, 0.2) is 0 Å². The van der Waals surface area contributed by atoms with Crippen molar-refractivity contribution in [2.45, 2.75) is 45.6 Å². The van der Waals surface area contributed by atoms with E-state index in [0.29, 0.717) is 31.2 Å². The normalized spacial score (nSPS) is 12.3. The van der Waals surface area contributed by atoms with Crippen LogP contribution in [-0.2, 0) is 11.2 Å². The van der Waals surface area contributed by atoms with Crippen LogP contribution in [-0.4, -0.2) is 16.7 Å². The third-order valence-electron chi connectivity index (χ3n) is 2.14. The van der Waals surface area contributed by atoms with E-state index in [1.54, 1.807) is 0 Å². The lowest BCUT2D eigenvalue weighted by atomic mass is 10.2. The van der Waals surface area contributed by atoms with E-state index >= 15 is 0 Å². The van der Waals surface area contributed by atoms with Crippen LogP contribution in [0.4, 0.5) is 0 Å². The van der Waals surface area contributed by atoms with Gasteiger partial charge >= 0.3 is 0 Å². The molecule has 0 N–H and O–H groups in total. The molecular formula is C11H17N3O2. The number of ether oxygens (including phenoxy) is 1. The highest BCUT2D eigenvalue weighted by atomic mass is 16.5. The fourth-order valence-electron chi connectivity index (χ4n) is 1.41. The van der Waals surface area contributed by atoms with Gasteiger partial charge in [-0.05, 0) is 13.3 Å². The van der Waals surface area contributed by atoms with Gasteiger partial charge in [0.05, 0.1) is 6.07 Å². The molecule has 1 aromatic heterocycles. The summed E-state index contributed by atoms with van der Waals surface area (Å²) in [5.41, 5.74) is 0. The predicted molar refractivity (Wildman–Crippen MR) is 57.5 cm³/mol. The van der Waals surface area contributed by atoms with Crippen LogP contribution in [0.1, 0.15) is 50.9 Å². The summed E-state index contributed by atoms with van der Waals surface area (Å²) in [7, 11) is 0. The van der Waals surface area contributed by atoms with Crippen LogP contribution in [0.2, 0.25) is 0 Å². The van der Waals surface area contributed by atoms with E-state index in [2.05, 4.69) is 17.1 Å². The summed E-state index contributed by atoms with van der Waals surface area (Å²) in [4.78, 5) is 4.23. The summed E-state index contributed by atoms with van der Waals surface area (Å²) in [6.45, 7) is 4.66. The molecule has 0 spiro atoms. The van der Waals surface area contributed by atoms with Crippen LogP contribution in [0.25, 0.3) is 0 Å². The highest BCUT2D eigenvalue weighted by Gasteiger charge is 2.17. The van der Waals surface area contributed by atoms with Gasteiger partial charge < -0.3 is 9.26 Å². The third kappa shape index (κ3) is 3.63. The lowest BCUT2D eigenvalue weighted by Gasteiger charge is -2.10. The smallest absolute Gasteiger partial charge is 0.227 e. The fourth-order valence-corrected chi connectivity index (χ4v) is 1.41. The van der Waals surface area contributed by atoms with Gasteiger partial charge in [0.2, 0.25) is 11.7 Å². The first-order chi connectivity index (χ1) is 7.81. The molecule has 5 nitrogen and oxygen atoms in total. The summed E-state index contributed by atoms with van der Waals surface area (Å²) in [5, 5.41) is 12.3. The first kappa shape index (κ1) is 12.7. The zero-order valence-electron chi connectivity index (χ0n) is 9.77. The van der Waals surface area contributed by atoms with Crippen molar-refractivity contribution in [3.05, 3.63) is 11.7 Å². The van der Waals surface area contributed by atoms with Crippen LogP contribution < -0.4 is 0 Å². The maximum Gasteiger partial charge on any atom is 0.227 e. The molecule has 1 atom stereocenters. The monoisotopic (exact) mass is 223 g/mol. The summed E-state index contributed by atoms with van der Waals surface area (Å²) < 4.78 is 10.6. The van der Waals surface area contributed by atoms with Crippen LogP contribution >= 0.6 is 0 Å². The van der Waals surface area contributed by atoms with Gasteiger partial charge in [0.1, 0.15) is 6.10 Å². The Hall–Kier alpha value is -1.41. The van der Waals surface area contributed by atoms with Crippen molar-refractivity contribution in [1.82, 2.24) is 10.1 Å². The standard InChI is InChI=1S/C11H17N3O2/c1-3-6-9(15-4-2)11-13-10(16-14-11)7-5-8-12/h9H,3-7H2,1-2H3. The quantitative estimate of drug-likeness (QED) is 0.709. The highest BCUT2D eigenvalue weighted by Crippen LogP contribution is 2.20. The molecule has 0 radical (unpaired) electrons. The van der Waals surface area contributed by atoms with Gasteiger partial charge in [0, 0.05) is 19.4 Å². The molecular weight excluding hydrogens is 206 g/mol. The van der Waals surface area contributed by atoms with Gasteiger partial charge in [-0.25, -0.2) is 0 Å². The highest BCUT2D eigenvalue weighted by molar-refractivity contribution is 4.93. The van der Waals surface area contributed by atoms with Crippen LogP contribution in [0, 0.1) is 11.3 Å². The Morgan fingerprint density at radius 3 is 2.94 bits per heavy atom. The molecule has 0 aromatic carbocycles. The van der Waals surface area contributed by atoms with Gasteiger partial charge in [-0.3, -0.25) is 0 Å². The molecule has 1 heterocycles. The lowest BCUT2D eigenvalue weighted by molar-refractivity contribution is 0.0478. The molecule has 1 aromatic rings. The SMILES string of the molecule is CCCC(OCC)c1noc(CCC#N)n1. The molecule has 0 bridgehead atoms. The Morgan fingerprint density at radius 2 is 2.31 bits per heavy atom. The predicted octanol–water partition coefficient (Wildman–Crippen LogP) is 2.40. The zero-order valence-corrected chi connectivity index (χ0v) is 9.77. The van der Waals surface area contributed by atoms with Crippen molar-refractivity contribution in [3.8, 4) is 6.07 Å². The summed E-state index contributed by atoms with van der Waals surface area (Å²) in [6.07, 6.45) is 2.70. The maximum atomic E-state index is 8.45. The molecule has 88 valence electrons. The summed E-state index contributed by atoms with van der Waals surface area (Å²) in [5.74, 6) is 1.11. The van der Waals surface area contributed by atoms with Gasteiger partial charge in [0.25, 0.3) is 0 Å². The van der Waals surface area contributed by atoms with Gasteiger partial charge in [-0.2, -0.15) is 10.2 Å². The van der Waals surface area contributed by atoms with E-state index in [-0.39, 0.29) is 6.10 Å². The van der Waals surface area contributed by atoms with Crippen LogP contribution in [0.3, 0.4) is 0 Å². The molecule has 0 aliphatic rings. The number of aryl methyl sites for hydroxylation is 1. The number of hydrogen-bond acceptors (Lipinski definition) is 5. The van der Waals surface area contributed by atoms with E-state index in [1.807, 2.05) is 13.0 Å². The molecule has 0 amide bonds. The molecule has 5 heteroatoms. The molecule has 1 unspecified atom stereocenters. The molecule has 0 saturated carbocycles. The number of nitrogens with zero attached hydrogens (tertiary/aromatic N) is 3. The maximum absolute atomic E-state index is 8.45. The lowest BCUT2D eigenvalue weighted by Crippen LogP contribution is -2.06. The van der Waals surface area contributed by atoms with Crippen molar-refractivity contribution in [2.24, 2.45) is 0 Å². The molecule has 1 rings (SSSR count). The van der Waals surface area contributed by atoms with E-state index < -0.39 is 0 Å². The minimum atomic E-state index is -0.0883. The van der Waals surface area contributed by atoms with Gasteiger partial charge in [-0.15, -0.1) is 0 Å². The Kier molecular flexibility index (Phi) is 5.51. The van der Waals surface area contributed by atoms with Crippen molar-refractivity contribution in [2.75, 3.05) is 6.61 Å². The van der Waals surface area contributed by atoms with Crippen LogP contribution in [0.5, 0.6) is 0 Å². The molecule has 0 aliphatic carbocycles. The second-order valence-corrected chi connectivity index (χ2v) is 3.44. The molecule has 0 fully saturated rings. The second kappa shape index (κ2) is 6.96. The van der Waals surface area contributed by atoms with E-state index in [0.717, 1.165) is 12.8 Å². The number of nitriles is 1. The second-order valence-electron chi connectivity index (χ2n) is 3.44.